The molecule has 0 rings (SSSR count). The molecule has 0 unspecified atom stereocenters. The van der Waals surface area contributed by atoms with Crippen LogP contribution in [-0.4, -0.2) is 36.0 Å². The normalized spacial score (nSPS) is 11.6. The second kappa shape index (κ2) is 5.95. The first-order chi connectivity index (χ1) is 6.47. The zero-order chi connectivity index (χ0) is 11.1. The topological polar surface area (TPSA) is 95.5 Å². The maximum Gasteiger partial charge on any atom is 0.303 e. The molecule has 0 aliphatic heterocycles. The Labute approximate surface area is 81.7 Å². The Morgan fingerprint density at radius 3 is 2.29 bits per heavy atom. The highest BCUT2D eigenvalue weighted by Crippen LogP contribution is 1.97. The molecule has 6 heteroatoms. The molecule has 0 aliphatic carbocycles. The molecule has 14 heavy (non-hydrogen) atoms. The zero-order valence-electron chi connectivity index (χ0n) is 8.16. The number of nitrogens with one attached hydrogen (secondary N) is 2. The molecule has 0 aromatic rings. The minimum Gasteiger partial charge on any atom is -0.481 e. The summed E-state index contributed by atoms with van der Waals surface area (Å²) in [7, 11) is 1.43. The number of amides is 2. The Kier molecular flexibility index (Phi) is 5.28. The van der Waals surface area contributed by atoms with Crippen LogP contribution in [0.2, 0.25) is 0 Å². The van der Waals surface area contributed by atoms with Crippen molar-refractivity contribution in [3.63, 3.8) is 0 Å². The van der Waals surface area contributed by atoms with E-state index in [2.05, 4.69) is 10.6 Å². The van der Waals surface area contributed by atoms with Gasteiger partial charge in [0.05, 0.1) is 0 Å². The Balaban J connectivity index is 4.17. The number of rotatable bonds is 5. The summed E-state index contributed by atoms with van der Waals surface area (Å²) in [5.41, 5.74) is 0. The van der Waals surface area contributed by atoms with Gasteiger partial charge in [0.25, 0.3) is 0 Å². The van der Waals surface area contributed by atoms with Crippen LogP contribution in [0.5, 0.6) is 0 Å². The first-order valence-electron chi connectivity index (χ1n) is 4.18. The summed E-state index contributed by atoms with van der Waals surface area (Å²) in [5, 5.41) is 13.1. The monoisotopic (exact) mass is 202 g/mol. The number of hydrogen-bond donors (Lipinski definition) is 3. The number of carbonyl (C=O) groups is 3. The van der Waals surface area contributed by atoms with Crippen molar-refractivity contribution in [3.8, 4) is 0 Å². The molecule has 0 aliphatic rings. The zero-order valence-corrected chi connectivity index (χ0v) is 8.16. The molecule has 2 amide bonds. The number of carbonyl (C=O) groups excluding carboxylic acids is 2. The summed E-state index contributed by atoms with van der Waals surface area (Å²) >= 11 is 0. The van der Waals surface area contributed by atoms with Gasteiger partial charge in [0.2, 0.25) is 11.8 Å². The molecular weight excluding hydrogens is 188 g/mol. The summed E-state index contributed by atoms with van der Waals surface area (Å²) < 4.78 is 0. The highest BCUT2D eigenvalue weighted by Gasteiger charge is 2.18. The van der Waals surface area contributed by atoms with E-state index in [0.717, 1.165) is 0 Å². The number of carboxylic acid groups (broad SMARTS) is 1. The lowest BCUT2D eigenvalue weighted by atomic mass is 10.1. The van der Waals surface area contributed by atoms with Gasteiger partial charge in [0, 0.05) is 20.4 Å². The maximum atomic E-state index is 11.1. The largest absolute Gasteiger partial charge is 0.481 e. The van der Waals surface area contributed by atoms with E-state index >= 15 is 0 Å². The Hall–Kier alpha value is -1.59. The minimum absolute atomic E-state index is 0.0919. The third kappa shape index (κ3) is 5.13. The van der Waals surface area contributed by atoms with Gasteiger partial charge in [-0.3, -0.25) is 14.4 Å². The standard InChI is InChI=1S/C8H14N2O4/c1-5(11)10-6(8(14)9-2)3-4-7(12)13/h6H,3-4H2,1-2H3,(H,9,14)(H,10,11)(H,12,13)/t6-/m1/s1. The van der Waals surface area contributed by atoms with Gasteiger partial charge in [-0.1, -0.05) is 0 Å². The third-order valence-corrected chi connectivity index (χ3v) is 1.59. The second-order valence-electron chi connectivity index (χ2n) is 2.80. The van der Waals surface area contributed by atoms with Gasteiger partial charge in [0.15, 0.2) is 0 Å². The van der Waals surface area contributed by atoms with Crippen molar-refractivity contribution >= 4 is 17.8 Å². The van der Waals surface area contributed by atoms with Crippen LogP contribution in [0.1, 0.15) is 19.8 Å². The molecule has 0 heterocycles. The first kappa shape index (κ1) is 12.4. The minimum atomic E-state index is -0.996. The predicted molar refractivity (Wildman–Crippen MR) is 48.5 cm³/mol. The molecule has 1 atom stereocenters. The van der Waals surface area contributed by atoms with Gasteiger partial charge < -0.3 is 15.7 Å². The predicted octanol–water partition coefficient (Wildman–Crippen LogP) is -0.898. The summed E-state index contributed by atoms with van der Waals surface area (Å²) in [6, 6.07) is -0.770. The first-order valence-corrected chi connectivity index (χ1v) is 4.18. The van der Waals surface area contributed by atoms with E-state index in [-0.39, 0.29) is 24.7 Å². The lowest BCUT2D eigenvalue weighted by Crippen LogP contribution is -2.45. The van der Waals surface area contributed by atoms with Gasteiger partial charge in [-0.25, -0.2) is 0 Å². The van der Waals surface area contributed by atoms with Gasteiger partial charge in [0.1, 0.15) is 6.04 Å². The molecule has 0 aromatic heterocycles. The average Bonchev–Trinajstić information content (AvgIpc) is 2.10. The van der Waals surface area contributed by atoms with Gasteiger partial charge in [-0.05, 0) is 6.42 Å². The van der Waals surface area contributed by atoms with E-state index in [4.69, 9.17) is 5.11 Å². The van der Waals surface area contributed by atoms with Crippen molar-refractivity contribution in [3.05, 3.63) is 0 Å². The van der Waals surface area contributed by atoms with E-state index in [9.17, 15) is 14.4 Å². The molecule has 0 radical (unpaired) electrons. The Morgan fingerprint density at radius 2 is 1.93 bits per heavy atom. The molecule has 0 bridgehead atoms. The Bertz CT molecular complexity index is 239. The van der Waals surface area contributed by atoms with Crippen molar-refractivity contribution in [1.82, 2.24) is 10.6 Å². The molecular formula is C8H14N2O4. The number of aliphatic carboxylic acids is 1. The molecule has 0 saturated carbocycles. The summed E-state index contributed by atoms with van der Waals surface area (Å²) in [6.07, 6.45) is -0.0625. The van der Waals surface area contributed by atoms with Crippen LogP contribution < -0.4 is 10.6 Å². The van der Waals surface area contributed by atoms with Crippen LogP contribution in [0, 0.1) is 0 Å². The van der Waals surface area contributed by atoms with Crippen molar-refractivity contribution < 1.29 is 19.5 Å². The Morgan fingerprint density at radius 1 is 1.36 bits per heavy atom. The van der Waals surface area contributed by atoms with Crippen LogP contribution in [-0.2, 0) is 14.4 Å². The fraction of sp³-hybridized carbons (Fsp3) is 0.625. The number of carboxylic acids is 1. The average molecular weight is 202 g/mol. The van der Waals surface area contributed by atoms with E-state index in [1.54, 1.807) is 0 Å². The number of likely N-dealkylation sites (N-methyl/N-ethyl adjacent to an activating group) is 1. The van der Waals surface area contributed by atoms with Crippen molar-refractivity contribution in [2.75, 3.05) is 7.05 Å². The van der Waals surface area contributed by atoms with E-state index in [1.807, 2.05) is 0 Å². The fourth-order valence-electron chi connectivity index (χ4n) is 0.956. The highest BCUT2D eigenvalue weighted by molar-refractivity contribution is 5.87. The summed E-state index contributed by atoms with van der Waals surface area (Å²) in [6.45, 7) is 1.27. The van der Waals surface area contributed by atoms with E-state index in [1.165, 1.54) is 14.0 Å². The SMILES string of the molecule is CNC(=O)[C@@H](CCC(=O)O)NC(C)=O. The lowest BCUT2D eigenvalue weighted by Gasteiger charge is -2.14. The van der Waals surface area contributed by atoms with Crippen LogP contribution in [0.15, 0.2) is 0 Å². The van der Waals surface area contributed by atoms with Crippen LogP contribution in [0.4, 0.5) is 0 Å². The second-order valence-corrected chi connectivity index (χ2v) is 2.80. The third-order valence-electron chi connectivity index (χ3n) is 1.59. The molecule has 0 aromatic carbocycles. The molecule has 0 saturated heterocycles. The summed E-state index contributed by atoms with van der Waals surface area (Å²) in [4.78, 5) is 32.1. The molecule has 0 fully saturated rings. The molecule has 80 valence electrons. The maximum absolute atomic E-state index is 11.1. The van der Waals surface area contributed by atoms with Crippen molar-refractivity contribution in [2.24, 2.45) is 0 Å². The highest BCUT2D eigenvalue weighted by atomic mass is 16.4. The molecule has 6 nitrogen and oxygen atoms in total. The van der Waals surface area contributed by atoms with Crippen LogP contribution >= 0.6 is 0 Å². The van der Waals surface area contributed by atoms with E-state index < -0.39 is 12.0 Å². The molecule has 3 N–H and O–H groups in total. The van der Waals surface area contributed by atoms with Crippen molar-refractivity contribution in [2.45, 2.75) is 25.8 Å². The lowest BCUT2D eigenvalue weighted by molar-refractivity contribution is -0.137. The van der Waals surface area contributed by atoms with Gasteiger partial charge >= 0.3 is 5.97 Å². The summed E-state index contributed by atoms with van der Waals surface area (Å²) in [5.74, 6) is -1.74. The van der Waals surface area contributed by atoms with Gasteiger partial charge in [-0.2, -0.15) is 0 Å². The number of hydrogen-bond acceptors (Lipinski definition) is 3. The van der Waals surface area contributed by atoms with E-state index in [0.29, 0.717) is 0 Å². The van der Waals surface area contributed by atoms with Crippen molar-refractivity contribution in [1.29, 1.82) is 0 Å². The van der Waals surface area contributed by atoms with Crippen LogP contribution in [0.25, 0.3) is 0 Å². The van der Waals surface area contributed by atoms with Gasteiger partial charge in [-0.15, -0.1) is 0 Å². The fourth-order valence-corrected chi connectivity index (χ4v) is 0.956. The van der Waals surface area contributed by atoms with Crippen LogP contribution in [0.3, 0.4) is 0 Å². The smallest absolute Gasteiger partial charge is 0.303 e. The quantitative estimate of drug-likeness (QED) is 0.538. The molecule has 0 spiro atoms.